The molecule has 1 aliphatic rings. The minimum atomic E-state index is -3.50. The summed E-state index contributed by atoms with van der Waals surface area (Å²) in [7, 11) is -3.50. The molecule has 0 aromatic carbocycles. The van der Waals surface area contributed by atoms with E-state index in [1.807, 2.05) is 0 Å². The van der Waals surface area contributed by atoms with Crippen LogP contribution in [-0.4, -0.2) is 19.4 Å². The molecule has 0 unspecified atom stereocenters. The average molecular weight is 255 g/mol. The zero-order chi connectivity index (χ0) is 12.1. The highest BCUT2D eigenvalue weighted by molar-refractivity contribution is 7.90. The molecule has 6 heteroatoms. The molecule has 2 rings (SSSR count). The summed E-state index contributed by atoms with van der Waals surface area (Å²) in [4.78, 5) is 3.93. The largest absolute Gasteiger partial charge is 0.300 e. The van der Waals surface area contributed by atoms with Crippen molar-refractivity contribution in [3.05, 3.63) is 24.4 Å². The van der Waals surface area contributed by atoms with Gasteiger partial charge in [-0.05, 0) is 25.0 Å². The smallest absolute Gasteiger partial charge is 0.255 e. The van der Waals surface area contributed by atoms with Crippen molar-refractivity contribution in [1.82, 2.24) is 9.71 Å². The van der Waals surface area contributed by atoms with E-state index < -0.39 is 10.2 Å². The number of nitrogens with one attached hydrogen (secondary N) is 2. The van der Waals surface area contributed by atoms with Gasteiger partial charge >= 0.3 is 10.2 Å². The molecule has 1 saturated carbocycles. The van der Waals surface area contributed by atoms with Crippen molar-refractivity contribution < 1.29 is 8.42 Å². The molecule has 2 N–H and O–H groups in total. The van der Waals surface area contributed by atoms with E-state index in [9.17, 15) is 8.42 Å². The summed E-state index contributed by atoms with van der Waals surface area (Å²) in [6, 6.07) is 5.17. The van der Waals surface area contributed by atoms with Crippen molar-refractivity contribution in [2.24, 2.45) is 0 Å². The zero-order valence-electron chi connectivity index (χ0n) is 9.59. The quantitative estimate of drug-likeness (QED) is 0.859. The Morgan fingerprint density at radius 2 is 1.94 bits per heavy atom. The van der Waals surface area contributed by atoms with Crippen LogP contribution in [0.15, 0.2) is 24.4 Å². The molecule has 5 nitrogen and oxygen atoms in total. The second-order valence-electron chi connectivity index (χ2n) is 4.27. The van der Waals surface area contributed by atoms with Crippen LogP contribution in [-0.2, 0) is 10.2 Å². The van der Waals surface area contributed by atoms with E-state index in [1.54, 1.807) is 24.4 Å². The molecule has 1 aromatic heterocycles. The maximum Gasteiger partial charge on any atom is 0.300 e. The van der Waals surface area contributed by atoms with E-state index in [0.717, 1.165) is 25.7 Å². The van der Waals surface area contributed by atoms with E-state index in [-0.39, 0.29) is 6.04 Å². The van der Waals surface area contributed by atoms with Crippen LogP contribution in [0.25, 0.3) is 0 Å². The predicted molar refractivity (Wildman–Crippen MR) is 66.8 cm³/mol. The minimum Gasteiger partial charge on any atom is -0.255 e. The molecule has 0 bridgehead atoms. The Morgan fingerprint density at radius 3 is 2.59 bits per heavy atom. The molecular weight excluding hydrogens is 238 g/mol. The van der Waals surface area contributed by atoms with Gasteiger partial charge in [-0.1, -0.05) is 25.3 Å². The van der Waals surface area contributed by atoms with Gasteiger partial charge < -0.3 is 0 Å². The topological polar surface area (TPSA) is 71.1 Å². The van der Waals surface area contributed by atoms with E-state index in [1.165, 1.54) is 6.42 Å². The molecule has 0 radical (unpaired) electrons. The van der Waals surface area contributed by atoms with Crippen molar-refractivity contribution in [2.45, 2.75) is 38.1 Å². The normalized spacial score (nSPS) is 17.9. The molecule has 0 atom stereocenters. The maximum atomic E-state index is 11.8. The highest BCUT2D eigenvalue weighted by atomic mass is 32.2. The van der Waals surface area contributed by atoms with Gasteiger partial charge in [0.15, 0.2) is 0 Å². The van der Waals surface area contributed by atoms with Gasteiger partial charge in [0.05, 0.1) is 0 Å². The molecular formula is C11H17N3O2S. The Kier molecular flexibility index (Phi) is 3.96. The number of rotatable bonds is 4. The van der Waals surface area contributed by atoms with Crippen LogP contribution < -0.4 is 9.44 Å². The van der Waals surface area contributed by atoms with Gasteiger partial charge in [0.25, 0.3) is 0 Å². The fraction of sp³-hybridized carbons (Fsp3) is 0.545. The Labute approximate surface area is 102 Å². The van der Waals surface area contributed by atoms with Gasteiger partial charge in [0.1, 0.15) is 5.82 Å². The highest BCUT2D eigenvalue weighted by Gasteiger charge is 2.19. The lowest BCUT2D eigenvalue weighted by molar-refractivity contribution is 0.413. The van der Waals surface area contributed by atoms with Crippen LogP contribution in [0.3, 0.4) is 0 Å². The number of hydrogen-bond donors (Lipinski definition) is 2. The first-order valence-electron chi connectivity index (χ1n) is 5.87. The van der Waals surface area contributed by atoms with Crippen molar-refractivity contribution in [3.8, 4) is 0 Å². The highest BCUT2D eigenvalue weighted by Crippen LogP contribution is 2.18. The molecule has 1 heterocycles. The lowest BCUT2D eigenvalue weighted by Gasteiger charge is -2.22. The van der Waals surface area contributed by atoms with Crippen LogP contribution in [0.2, 0.25) is 0 Å². The molecule has 0 aliphatic heterocycles. The minimum absolute atomic E-state index is 0.0602. The van der Waals surface area contributed by atoms with Crippen LogP contribution in [0.1, 0.15) is 32.1 Å². The summed E-state index contributed by atoms with van der Waals surface area (Å²) in [5.74, 6) is 0.343. The first-order chi connectivity index (χ1) is 8.16. The Bertz CT molecular complexity index is 441. The summed E-state index contributed by atoms with van der Waals surface area (Å²) in [5.41, 5.74) is 0. The number of aromatic nitrogens is 1. The SMILES string of the molecule is O=S(=O)(Nc1ccccn1)NC1CCCCC1. The summed E-state index contributed by atoms with van der Waals surface area (Å²) in [6.07, 6.45) is 6.78. The average Bonchev–Trinajstić information content (AvgIpc) is 2.30. The molecule has 94 valence electrons. The van der Waals surface area contributed by atoms with E-state index >= 15 is 0 Å². The van der Waals surface area contributed by atoms with Crippen molar-refractivity contribution in [1.29, 1.82) is 0 Å². The Balaban J connectivity index is 1.94. The first-order valence-corrected chi connectivity index (χ1v) is 7.35. The maximum absolute atomic E-state index is 11.8. The van der Waals surface area contributed by atoms with Gasteiger partial charge in [0.2, 0.25) is 0 Å². The molecule has 0 saturated heterocycles. The molecule has 1 fully saturated rings. The van der Waals surface area contributed by atoms with Crippen LogP contribution in [0.4, 0.5) is 5.82 Å². The first kappa shape index (κ1) is 12.3. The third-order valence-electron chi connectivity index (χ3n) is 2.83. The van der Waals surface area contributed by atoms with Gasteiger partial charge in [-0.25, -0.2) is 4.98 Å². The second kappa shape index (κ2) is 5.46. The summed E-state index contributed by atoms with van der Waals surface area (Å²) < 4.78 is 28.7. The molecule has 1 aromatic rings. The molecule has 1 aliphatic carbocycles. The number of hydrogen-bond acceptors (Lipinski definition) is 3. The molecule has 0 spiro atoms. The predicted octanol–water partition coefficient (Wildman–Crippen LogP) is 1.66. The van der Waals surface area contributed by atoms with Gasteiger partial charge in [-0.15, -0.1) is 0 Å². The monoisotopic (exact) mass is 255 g/mol. The van der Waals surface area contributed by atoms with E-state index in [0.29, 0.717) is 5.82 Å². The lowest BCUT2D eigenvalue weighted by atomic mass is 9.96. The van der Waals surface area contributed by atoms with Crippen LogP contribution >= 0.6 is 0 Å². The fourth-order valence-corrected chi connectivity index (χ4v) is 3.16. The van der Waals surface area contributed by atoms with E-state index in [2.05, 4.69) is 14.4 Å². The van der Waals surface area contributed by atoms with E-state index in [4.69, 9.17) is 0 Å². The second-order valence-corrected chi connectivity index (χ2v) is 5.72. The summed E-state index contributed by atoms with van der Waals surface area (Å²) in [5, 5.41) is 0. The molecule has 17 heavy (non-hydrogen) atoms. The van der Waals surface area contributed by atoms with Gasteiger partial charge in [-0.2, -0.15) is 13.1 Å². The molecule has 0 amide bonds. The number of pyridine rings is 1. The third-order valence-corrected chi connectivity index (χ3v) is 3.95. The number of nitrogens with zero attached hydrogens (tertiary/aromatic N) is 1. The van der Waals surface area contributed by atoms with Crippen LogP contribution in [0, 0.1) is 0 Å². The van der Waals surface area contributed by atoms with Crippen molar-refractivity contribution >= 4 is 16.0 Å². The zero-order valence-corrected chi connectivity index (χ0v) is 10.4. The lowest BCUT2D eigenvalue weighted by Crippen LogP contribution is -2.39. The van der Waals surface area contributed by atoms with Gasteiger partial charge in [-0.3, -0.25) is 4.72 Å². The summed E-state index contributed by atoms with van der Waals surface area (Å²) >= 11 is 0. The summed E-state index contributed by atoms with van der Waals surface area (Å²) in [6.45, 7) is 0. The van der Waals surface area contributed by atoms with Crippen molar-refractivity contribution in [3.63, 3.8) is 0 Å². The van der Waals surface area contributed by atoms with Gasteiger partial charge in [0, 0.05) is 12.2 Å². The Hall–Kier alpha value is -1.14. The van der Waals surface area contributed by atoms with Crippen LogP contribution in [0.5, 0.6) is 0 Å². The fourth-order valence-electron chi connectivity index (χ4n) is 2.03. The standard InChI is InChI=1S/C11H17N3O2S/c15-17(16,13-10-6-2-1-3-7-10)14-11-8-4-5-9-12-11/h4-5,8-10,13H,1-3,6-7H2,(H,12,14). The van der Waals surface area contributed by atoms with Crippen molar-refractivity contribution in [2.75, 3.05) is 4.72 Å². The number of anilines is 1. The Morgan fingerprint density at radius 1 is 1.18 bits per heavy atom. The third kappa shape index (κ3) is 3.98.